The van der Waals surface area contributed by atoms with Gasteiger partial charge in [0, 0.05) is 38.1 Å². The lowest BCUT2D eigenvalue weighted by Crippen LogP contribution is -2.39. The predicted octanol–water partition coefficient (Wildman–Crippen LogP) is 4.66. The van der Waals surface area contributed by atoms with Crippen LogP contribution in [0.4, 0.5) is 13.2 Å². The molecule has 1 N–H and O–H groups in total. The molecule has 3 rings (SSSR count). The summed E-state index contributed by atoms with van der Waals surface area (Å²) in [6.07, 6.45) is 1.60. The number of nitrogens with one attached hydrogen (secondary N) is 1. The number of benzene rings is 1. The molecular formula is C23H31F3N4O2. The second kappa shape index (κ2) is 10.8. The van der Waals surface area contributed by atoms with E-state index in [4.69, 9.17) is 4.84 Å². The molecule has 1 aromatic rings. The van der Waals surface area contributed by atoms with E-state index in [0.29, 0.717) is 25.5 Å². The normalized spacial score (nSPS) is 20.9. The van der Waals surface area contributed by atoms with Crippen LogP contribution in [0.25, 0.3) is 0 Å². The molecule has 176 valence electrons. The van der Waals surface area contributed by atoms with Crippen LogP contribution in [-0.2, 0) is 11.3 Å². The van der Waals surface area contributed by atoms with E-state index in [-0.39, 0.29) is 12.0 Å². The molecule has 0 radical (unpaired) electrons. The maximum atomic E-state index is 12.7. The van der Waals surface area contributed by atoms with Crippen LogP contribution in [0.3, 0.4) is 0 Å². The lowest BCUT2D eigenvalue weighted by atomic mass is 9.96. The van der Waals surface area contributed by atoms with Crippen molar-refractivity contribution in [2.75, 3.05) is 39.3 Å². The number of aryl methyl sites for hydroxylation is 1. The van der Waals surface area contributed by atoms with Crippen molar-refractivity contribution in [1.82, 2.24) is 15.1 Å². The molecule has 0 bridgehead atoms. The fraction of sp³-hybridized carbons (Fsp3) is 0.565. The summed E-state index contributed by atoms with van der Waals surface area (Å²) < 4.78 is 38.0. The average molecular weight is 453 g/mol. The van der Waals surface area contributed by atoms with E-state index in [1.807, 2.05) is 4.90 Å². The van der Waals surface area contributed by atoms with Gasteiger partial charge >= 0.3 is 6.18 Å². The van der Waals surface area contributed by atoms with E-state index in [1.165, 1.54) is 22.8 Å². The van der Waals surface area contributed by atoms with Gasteiger partial charge in [-0.05, 0) is 49.0 Å². The number of alkyl halides is 3. The quantitative estimate of drug-likeness (QED) is 0.336. The minimum atomic E-state index is -4.27. The Morgan fingerprint density at radius 3 is 2.88 bits per heavy atom. The molecule has 32 heavy (non-hydrogen) atoms. The van der Waals surface area contributed by atoms with Crippen molar-refractivity contribution in [2.24, 2.45) is 5.34 Å². The predicted molar refractivity (Wildman–Crippen MR) is 118 cm³/mol. The highest BCUT2D eigenvalue weighted by atomic mass is 19.4. The van der Waals surface area contributed by atoms with E-state index < -0.39 is 12.7 Å². The molecule has 1 saturated heterocycles. The first kappa shape index (κ1) is 24.1. The molecule has 0 saturated carbocycles. The van der Waals surface area contributed by atoms with Crippen LogP contribution in [0, 0.1) is 4.91 Å². The first-order valence-electron chi connectivity index (χ1n) is 11.0. The van der Waals surface area contributed by atoms with Gasteiger partial charge in [0.1, 0.15) is 19.0 Å². The van der Waals surface area contributed by atoms with Gasteiger partial charge < -0.3 is 15.1 Å². The number of halogens is 3. The summed E-state index contributed by atoms with van der Waals surface area (Å²) in [6.45, 7) is 7.93. The summed E-state index contributed by atoms with van der Waals surface area (Å²) in [4.78, 5) is 19.4. The largest absolute Gasteiger partial charge is 0.405 e. The standard InChI is InChI=1S/C23H31F3N4O2/c1-3-5-22(27-16-23(24,25)26)30-11-4-10-29(12-13-30)17(2)19-8-6-18-7-9-20(15-32-28-31)21(18)14-19/h3,5-6,8,14,17,20,27H,1,4,7,9-13,15-16H2,2H3/b22-5+. The van der Waals surface area contributed by atoms with E-state index in [9.17, 15) is 18.1 Å². The number of nitrogens with zero attached hydrogens (tertiary/aromatic N) is 3. The van der Waals surface area contributed by atoms with Crippen LogP contribution in [-0.4, -0.2) is 55.3 Å². The van der Waals surface area contributed by atoms with E-state index >= 15 is 0 Å². The highest BCUT2D eigenvalue weighted by Gasteiger charge is 2.29. The van der Waals surface area contributed by atoms with Crippen molar-refractivity contribution in [3.05, 3.63) is 64.3 Å². The molecule has 1 aliphatic heterocycles. The molecule has 0 amide bonds. The first-order chi connectivity index (χ1) is 15.3. The second-order valence-electron chi connectivity index (χ2n) is 8.37. The summed E-state index contributed by atoms with van der Waals surface area (Å²) in [5.41, 5.74) is 3.71. The molecular weight excluding hydrogens is 421 g/mol. The van der Waals surface area contributed by atoms with E-state index in [0.717, 1.165) is 32.4 Å². The van der Waals surface area contributed by atoms with E-state index in [1.54, 1.807) is 6.08 Å². The maximum Gasteiger partial charge on any atom is 0.405 e. The number of rotatable bonds is 9. The van der Waals surface area contributed by atoms with Crippen molar-refractivity contribution in [1.29, 1.82) is 0 Å². The van der Waals surface area contributed by atoms with Gasteiger partial charge in [-0.3, -0.25) is 4.90 Å². The third kappa shape index (κ3) is 6.25. The highest BCUT2D eigenvalue weighted by molar-refractivity contribution is 5.39. The fourth-order valence-corrected chi connectivity index (χ4v) is 4.61. The van der Waals surface area contributed by atoms with Crippen LogP contribution >= 0.6 is 0 Å². The summed E-state index contributed by atoms with van der Waals surface area (Å²) in [7, 11) is 0. The van der Waals surface area contributed by atoms with Gasteiger partial charge in [0.15, 0.2) is 5.34 Å². The molecule has 1 aromatic carbocycles. The van der Waals surface area contributed by atoms with E-state index in [2.05, 4.69) is 47.3 Å². The molecule has 2 atom stereocenters. The lowest BCUT2D eigenvalue weighted by molar-refractivity contribution is -0.124. The Kier molecular flexibility index (Phi) is 8.17. The zero-order valence-electron chi connectivity index (χ0n) is 18.4. The first-order valence-corrected chi connectivity index (χ1v) is 11.0. The van der Waals surface area contributed by atoms with Crippen LogP contribution < -0.4 is 5.32 Å². The summed E-state index contributed by atoms with van der Waals surface area (Å²) in [5.74, 6) is 0.636. The Hall–Kier alpha value is -2.55. The van der Waals surface area contributed by atoms with Crippen LogP contribution in [0.15, 0.2) is 48.1 Å². The topological polar surface area (TPSA) is 57.2 Å². The monoisotopic (exact) mass is 452 g/mol. The van der Waals surface area contributed by atoms with Gasteiger partial charge in [-0.2, -0.15) is 13.2 Å². The Morgan fingerprint density at radius 1 is 1.34 bits per heavy atom. The third-order valence-corrected chi connectivity index (χ3v) is 6.35. The van der Waals surface area contributed by atoms with Crippen LogP contribution in [0.5, 0.6) is 0 Å². The molecule has 2 aliphatic rings. The Labute approximate surface area is 187 Å². The van der Waals surface area contributed by atoms with Crippen LogP contribution in [0.1, 0.15) is 48.4 Å². The molecule has 6 nitrogen and oxygen atoms in total. The zero-order valence-corrected chi connectivity index (χ0v) is 18.4. The number of hydrogen-bond donors (Lipinski definition) is 1. The van der Waals surface area contributed by atoms with Gasteiger partial charge in [0.05, 0.1) is 0 Å². The molecule has 0 spiro atoms. The fourth-order valence-electron chi connectivity index (χ4n) is 4.61. The molecule has 1 heterocycles. The van der Waals surface area contributed by atoms with Gasteiger partial charge in [0.25, 0.3) is 0 Å². The van der Waals surface area contributed by atoms with Crippen molar-refractivity contribution >= 4 is 0 Å². The van der Waals surface area contributed by atoms with Gasteiger partial charge in [0.2, 0.25) is 0 Å². The summed E-state index contributed by atoms with van der Waals surface area (Å²) in [5, 5.41) is 5.05. The smallest absolute Gasteiger partial charge is 0.363 e. The number of fused-ring (bicyclic) bond motifs is 1. The average Bonchev–Trinajstić information content (AvgIpc) is 3.00. The Morgan fingerprint density at radius 2 is 2.16 bits per heavy atom. The zero-order chi connectivity index (χ0) is 23.1. The molecule has 9 heteroatoms. The minimum Gasteiger partial charge on any atom is -0.363 e. The Bertz CT molecular complexity index is 828. The van der Waals surface area contributed by atoms with Crippen molar-refractivity contribution < 1.29 is 18.0 Å². The molecule has 1 aliphatic carbocycles. The summed E-state index contributed by atoms with van der Waals surface area (Å²) in [6, 6.07) is 6.69. The molecule has 0 aromatic heterocycles. The van der Waals surface area contributed by atoms with Crippen LogP contribution in [0.2, 0.25) is 0 Å². The lowest BCUT2D eigenvalue weighted by Gasteiger charge is -2.30. The van der Waals surface area contributed by atoms with Gasteiger partial charge in [-0.15, -0.1) is 4.91 Å². The Balaban J connectivity index is 1.65. The van der Waals surface area contributed by atoms with Crippen molar-refractivity contribution in [2.45, 2.75) is 44.3 Å². The number of allylic oxidation sites excluding steroid dienone is 2. The maximum absolute atomic E-state index is 12.7. The second-order valence-corrected chi connectivity index (χ2v) is 8.37. The minimum absolute atomic E-state index is 0.168. The highest BCUT2D eigenvalue weighted by Crippen LogP contribution is 2.36. The third-order valence-electron chi connectivity index (χ3n) is 6.35. The van der Waals surface area contributed by atoms with Gasteiger partial charge in [-0.1, -0.05) is 30.9 Å². The van der Waals surface area contributed by atoms with Gasteiger partial charge in [-0.25, -0.2) is 0 Å². The molecule has 1 fully saturated rings. The number of hydrogen-bond acceptors (Lipinski definition) is 6. The summed E-state index contributed by atoms with van der Waals surface area (Å²) >= 11 is 0. The molecule has 2 unspecified atom stereocenters. The van der Waals surface area contributed by atoms with Crippen molar-refractivity contribution in [3.8, 4) is 0 Å². The SMILES string of the molecule is C=C/C=C(\NCC(F)(F)F)N1CCCN(C(C)c2ccc3c(c2)C(CON=O)CC3)CC1. The van der Waals surface area contributed by atoms with Crippen molar-refractivity contribution in [3.63, 3.8) is 0 Å².